The molecule has 0 aromatic carbocycles. The summed E-state index contributed by atoms with van der Waals surface area (Å²) in [6, 6.07) is 0. The zero-order chi connectivity index (χ0) is 16.3. The number of hydrogen-bond donors (Lipinski definition) is 4. The first-order chi connectivity index (χ1) is 11.2. The van der Waals surface area contributed by atoms with Crippen LogP contribution in [0.3, 0.4) is 0 Å². The molecule has 7 nitrogen and oxygen atoms in total. The average molecular weight is 326 g/mol. The number of rotatable bonds is 10. The highest BCUT2D eigenvalue weighted by molar-refractivity contribution is 5.85. The van der Waals surface area contributed by atoms with Gasteiger partial charge in [-0.1, -0.05) is 0 Å². The molecule has 0 aromatic heterocycles. The highest BCUT2D eigenvalue weighted by Crippen LogP contribution is 2.03. The van der Waals surface area contributed by atoms with Crippen LogP contribution >= 0.6 is 0 Å². The van der Waals surface area contributed by atoms with E-state index in [1.165, 1.54) is 12.8 Å². The predicted octanol–water partition coefficient (Wildman–Crippen LogP) is 0.215. The molecule has 2 atom stereocenters. The number of hydrogen-bond acceptors (Lipinski definition) is 7. The van der Waals surface area contributed by atoms with Gasteiger partial charge in [-0.05, 0) is 64.7 Å². The summed E-state index contributed by atoms with van der Waals surface area (Å²) < 4.78 is 4.83. The lowest BCUT2D eigenvalue weighted by Crippen LogP contribution is -2.38. The van der Waals surface area contributed by atoms with Gasteiger partial charge in [-0.15, -0.1) is 0 Å². The topological polar surface area (TPSA) is 91.5 Å². The van der Waals surface area contributed by atoms with Crippen LogP contribution in [0.1, 0.15) is 51.4 Å². The van der Waals surface area contributed by atoms with Crippen LogP contribution in [0.25, 0.3) is 0 Å². The van der Waals surface area contributed by atoms with Gasteiger partial charge in [-0.2, -0.15) is 0 Å². The highest BCUT2D eigenvalue weighted by Gasteiger charge is 2.15. The van der Waals surface area contributed by atoms with Gasteiger partial charge >= 0.3 is 11.9 Å². The molecule has 2 rings (SSSR count). The van der Waals surface area contributed by atoms with E-state index in [2.05, 4.69) is 21.3 Å². The van der Waals surface area contributed by atoms with E-state index in [0.717, 1.165) is 39.0 Å². The van der Waals surface area contributed by atoms with Crippen molar-refractivity contribution in [2.24, 2.45) is 0 Å². The number of carbonyl (C=O) groups is 2. The van der Waals surface area contributed by atoms with Crippen LogP contribution in [0, 0.1) is 0 Å². The second-order valence-electron chi connectivity index (χ2n) is 6.26. The minimum absolute atomic E-state index is 0.287. The zero-order valence-corrected chi connectivity index (χ0v) is 13.9. The first-order valence-corrected chi connectivity index (χ1v) is 8.91. The molecule has 0 radical (unpaired) electrons. The van der Waals surface area contributed by atoms with Gasteiger partial charge in [0.1, 0.15) is 0 Å². The standard InChI is InChI=1S/C16H30N4O3/c21-15(7-3-11-19-13-5-1-9-17-13)23-16(22)8-4-12-20-14-6-2-10-18-14/h13-14,17-20H,1-12H2. The lowest BCUT2D eigenvalue weighted by atomic mass is 10.2. The van der Waals surface area contributed by atoms with Gasteiger partial charge in [0.2, 0.25) is 0 Å². The van der Waals surface area contributed by atoms with E-state index < -0.39 is 11.9 Å². The fourth-order valence-electron chi connectivity index (χ4n) is 2.96. The SMILES string of the molecule is O=C(CCCNC1CCCN1)OC(=O)CCCNC1CCCN1. The summed E-state index contributed by atoms with van der Waals surface area (Å²) in [5, 5.41) is 13.3. The van der Waals surface area contributed by atoms with Crippen molar-refractivity contribution in [1.29, 1.82) is 0 Å². The zero-order valence-electron chi connectivity index (χ0n) is 13.9. The van der Waals surface area contributed by atoms with E-state index in [1.54, 1.807) is 0 Å². The predicted molar refractivity (Wildman–Crippen MR) is 87.6 cm³/mol. The molecule has 4 N–H and O–H groups in total. The summed E-state index contributed by atoms with van der Waals surface area (Å²) in [6.45, 7) is 3.64. The molecule has 0 saturated carbocycles. The van der Waals surface area contributed by atoms with Crippen LogP contribution in [0.4, 0.5) is 0 Å². The Bertz CT molecular complexity index is 332. The number of carbonyl (C=O) groups excluding carboxylic acids is 2. The van der Waals surface area contributed by atoms with E-state index in [4.69, 9.17) is 4.74 Å². The van der Waals surface area contributed by atoms with E-state index in [0.29, 0.717) is 25.2 Å². The molecule has 2 heterocycles. The van der Waals surface area contributed by atoms with Gasteiger partial charge in [0.25, 0.3) is 0 Å². The fourth-order valence-corrected chi connectivity index (χ4v) is 2.96. The summed E-state index contributed by atoms with van der Waals surface area (Å²) in [7, 11) is 0. The Morgan fingerprint density at radius 1 is 0.870 bits per heavy atom. The quantitative estimate of drug-likeness (QED) is 0.259. The molecule has 23 heavy (non-hydrogen) atoms. The Labute approximate surface area is 138 Å². The number of nitrogens with one attached hydrogen (secondary N) is 4. The lowest BCUT2D eigenvalue weighted by molar-refractivity contribution is -0.159. The van der Waals surface area contributed by atoms with E-state index >= 15 is 0 Å². The number of ether oxygens (including phenoxy) is 1. The Morgan fingerprint density at radius 3 is 1.74 bits per heavy atom. The second-order valence-corrected chi connectivity index (χ2v) is 6.26. The van der Waals surface area contributed by atoms with E-state index in [1.807, 2.05) is 0 Å². The van der Waals surface area contributed by atoms with Gasteiger partial charge in [0.05, 0.1) is 12.3 Å². The summed E-state index contributed by atoms with van der Waals surface area (Å²) in [6.07, 6.45) is 7.36. The molecular weight excluding hydrogens is 296 g/mol. The van der Waals surface area contributed by atoms with Crippen molar-refractivity contribution in [3.63, 3.8) is 0 Å². The largest absolute Gasteiger partial charge is 0.393 e. The summed E-state index contributed by atoms with van der Waals surface area (Å²) >= 11 is 0. The summed E-state index contributed by atoms with van der Waals surface area (Å²) in [5.74, 6) is -0.830. The third-order valence-corrected chi connectivity index (χ3v) is 4.25. The second kappa shape index (κ2) is 10.7. The molecule has 132 valence electrons. The number of esters is 2. The highest BCUT2D eigenvalue weighted by atomic mass is 16.6. The van der Waals surface area contributed by atoms with Crippen LogP contribution in [-0.2, 0) is 14.3 Å². The van der Waals surface area contributed by atoms with Crippen molar-refractivity contribution < 1.29 is 14.3 Å². The molecule has 7 heteroatoms. The minimum Gasteiger partial charge on any atom is -0.393 e. The Kier molecular flexibility index (Phi) is 8.52. The van der Waals surface area contributed by atoms with E-state index in [9.17, 15) is 9.59 Å². The molecule has 0 aromatic rings. The third-order valence-electron chi connectivity index (χ3n) is 4.25. The molecule has 2 unspecified atom stereocenters. The smallest absolute Gasteiger partial charge is 0.313 e. The van der Waals surface area contributed by atoms with Crippen LogP contribution in [0.5, 0.6) is 0 Å². The van der Waals surface area contributed by atoms with Gasteiger partial charge in [0.15, 0.2) is 0 Å². The average Bonchev–Trinajstić information content (AvgIpc) is 3.21. The molecule has 2 aliphatic rings. The van der Waals surface area contributed by atoms with E-state index in [-0.39, 0.29) is 12.8 Å². The minimum atomic E-state index is -0.415. The van der Waals surface area contributed by atoms with Crippen molar-refractivity contribution in [3.05, 3.63) is 0 Å². The van der Waals surface area contributed by atoms with Crippen LogP contribution in [0.15, 0.2) is 0 Å². The molecular formula is C16H30N4O3. The molecule has 2 aliphatic heterocycles. The Hall–Kier alpha value is -1.02. The van der Waals surface area contributed by atoms with Gasteiger partial charge < -0.3 is 26.0 Å². The first-order valence-electron chi connectivity index (χ1n) is 8.91. The first kappa shape index (κ1) is 18.3. The van der Waals surface area contributed by atoms with Crippen molar-refractivity contribution in [3.8, 4) is 0 Å². The van der Waals surface area contributed by atoms with Gasteiger partial charge in [0, 0.05) is 12.8 Å². The molecule has 0 bridgehead atoms. The lowest BCUT2D eigenvalue weighted by Gasteiger charge is -2.12. The van der Waals surface area contributed by atoms with Crippen LogP contribution < -0.4 is 21.3 Å². The Balaban J connectivity index is 1.41. The van der Waals surface area contributed by atoms with Crippen molar-refractivity contribution in [2.75, 3.05) is 26.2 Å². The third kappa shape index (κ3) is 7.87. The molecule has 0 amide bonds. The normalized spacial score (nSPS) is 24.0. The van der Waals surface area contributed by atoms with Crippen LogP contribution in [0.2, 0.25) is 0 Å². The Morgan fingerprint density at radius 2 is 1.35 bits per heavy atom. The molecule has 2 fully saturated rings. The van der Waals surface area contributed by atoms with Crippen molar-refractivity contribution in [2.45, 2.75) is 63.7 Å². The van der Waals surface area contributed by atoms with Gasteiger partial charge in [-0.3, -0.25) is 9.59 Å². The van der Waals surface area contributed by atoms with Crippen molar-refractivity contribution in [1.82, 2.24) is 21.3 Å². The maximum atomic E-state index is 11.6. The molecule has 0 spiro atoms. The fraction of sp³-hybridized carbons (Fsp3) is 0.875. The summed E-state index contributed by atoms with van der Waals surface area (Å²) in [5.41, 5.74) is 0. The maximum absolute atomic E-state index is 11.6. The van der Waals surface area contributed by atoms with Crippen LogP contribution in [-0.4, -0.2) is 50.4 Å². The maximum Gasteiger partial charge on any atom is 0.313 e. The van der Waals surface area contributed by atoms with Crippen molar-refractivity contribution >= 4 is 11.9 Å². The molecule has 2 saturated heterocycles. The molecule has 0 aliphatic carbocycles. The monoisotopic (exact) mass is 326 g/mol. The summed E-state index contributed by atoms with van der Waals surface area (Å²) in [4.78, 5) is 23.2. The van der Waals surface area contributed by atoms with Gasteiger partial charge in [-0.25, -0.2) is 0 Å².